The summed E-state index contributed by atoms with van der Waals surface area (Å²) in [5.74, 6) is -0.0687. The first kappa shape index (κ1) is 33.9. The number of unbranched alkanes of at least 4 members (excludes halogenated alkanes) is 1. The number of halogens is 2. The van der Waals surface area contributed by atoms with Crippen LogP contribution >= 0.6 is 24.8 Å². The van der Waals surface area contributed by atoms with Crippen LogP contribution in [0.15, 0.2) is 0 Å². The third-order valence-electron chi connectivity index (χ3n) is 9.11. The Morgan fingerprint density at radius 2 is 1.69 bits per heavy atom. The third-order valence-corrected chi connectivity index (χ3v) is 9.11. The molecule has 1 spiro atoms. The summed E-state index contributed by atoms with van der Waals surface area (Å²) in [6.45, 7) is 15.7. The van der Waals surface area contributed by atoms with Crippen LogP contribution in [-0.4, -0.2) is 73.8 Å². The van der Waals surface area contributed by atoms with E-state index < -0.39 is 17.7 Å². The molecule has 0 aromatic carbocycles. The summed E-state index contributed by atoms with van der Waals surface area (Å²) in [5, 5.41) is 19.0. The molecular weight excluding hydrogens is 537 g/mol. The van der Waals surface area contributed by atoms with Crippen molar-refractivity contribution in [3.63, 3.8) is 0 Å². The molecule has 2 amide bonds. The highest BCUT2D eigenvalue weighted by atomic mass is 35.5. The Bertz CT molecular complexity index is 978. The number of amides is 2. The minimum absolute atomic E-state index is 0. The van der Waals surface area contributed by atoms with E-state index in [2.05, 4.69) is 56.4 Å². The summed E-state index contributed by atoms with van der Waals surface area (Å²) in [5.41, 5.74) is 2.62. The molecule has 1 aromatic rings. The van der Waals surface area contributed by atoms with E-state index in [-0.39, 0.29) is 48.1 Å². The number of piperidine rings is 1. The number of hydrogen-bond donors (Lipinski definition) is 2. The predicted molar refractivity (Wildman–Crippen MR) is 160 cm³/mol. The van der Waals surface area contributed by atoms with Gasteiger partial charge in [-0.3, -0.25) is 19.2 Å². The summed E-state index contributed by atoms with van der Waals surface area (Å²) in [7, 11) is 0. The minimum Gasteiger partial charge on any atom is -0.390 e. The topological polar surface area (TPSA) is 90.7 Å². The van der Waals surface area contributed by atoms with Gasteiger partial charge in [-0.2, -0.15) is 5.10 Å². The van der Waals surface area contributed by atoms with Gasteiger partial charge in [0.25, 0.3) is 0 Å². The first-order valence-corrected chi connectivity index (χ1v) is 14.6. The zero-order chi connectivity index (χ0) is 27.0. The highest BCUT2D eigenvalue weighted by Crippen LogP contribution is 2.37. The standard InChI is InChI=1S/C29H49N5O3.2ClH/c1-7-8-16-33-26(36)24(25(35)22-12-10-9-11-13-22)30-27(37)29(33)14-17-32(18-15-29)19-23-20(2)31-34(21(23)3)28(4,5)6;;/h22,24-25,35H,7-19H2,1-6H3,(H,30,37);2*1H/t24-,25-;;/m1../s1. The fraction of sp³-hybridized carbons (Fsp3) is 0.828. The lowest BCUT2D eigenvalue weighted by molar-refractivity contribution is -0.166. The van der Waals surface area contributed by atoms with E-state index in [1.54, 1.807) is 0 Å². The largest absolute Gasteiger partial charge is 0.390 e. The molecule has 0 unspecified atom stereocenters. The van der Waals surface area contributed by atoms with Gasteiger partial charge in [0.15, 0.2) is 0 Å². The lowest BCUT2D eigenvalue weighted by Crippen LogP contribution is -2.75. The molecule has 8 nitrogen and oxygen atoms in total. The van der Waals surface area contributed by atoms with Crippen LogP contribution in [0.4, 0.5) is 0 Å². The lowest BCUT2D eigenvalue weighted by atomic mass is 9.78. The fourth-order valence-corrected chi connectivity index (χ4v) is 6.82. The number of aliphatic hydroxyl groups excluding tert-OH is 1. The first-order valence-electron chi connectivity index (χ1n) is 14.6. The number of carbonyl (C=O) groups excluding carboxylic acids is 2. The van der Waals surface area contributed by atoms with E-state index in [1.165, 1.54) is 17.7 Å². The van der Waals surface area contributed by atoms with Crippen molar-refractivity contribution in [1.29, 1.82) is 0 Å². The summed E-state index contributed by atoms with van der Waals surface area (Å²) in [6.07, 6.45) is 7.48. The fourth-order valence-electron chi connectivity index (χ4n) is 6.82. The van der Waals surface area contributed by atoms with Gasteiger partial charge in [0.1, 0.15) is 11.6 Å². The van der Waals surface area contributed by atoms with Crippen molar-refractivity contribution in [2.75, 3.05) is 19.6 Å². The van der Waals surface area contributed by atoms with Gasteiger partial charge in [-0.1, -0.05) is 32.6 Å². The van der Waals surface area contributed by atoms with E-state index in [1.807, 2.05) is 4.90 Å². The second-order valence-corrected chi connectivity index (χ2v) is 12.7. The van der Waals surface area contributed by atoms with Crippen LogP contribution in [0.3, 0.4) is 0 Å². The molecule has 2 atom stereocenters. The van der Waals surface area contributed by atoms with Crippen molar-refractivity contribution in [2.45, 2.75) is 129 Å². The van der Waals surface area contributed by atoms with E-state index >= 15 is 0 Å². The molecular formula is C29H51Cl2N5O3. The van der Waals surface area contributed by atoms with Gasteiger partial charge in [0.05, 0.1) is 17.3 Å². The van der Waals surface area contributed by atoms with Gasteiger partial charge < -0.3 is 15.3 Å². The molecule has 2 aliphatic heterocycles. The van der Waals surface area contributed by atoms with Gasteiger partial charge >= 0.3 is 0 Å². The Kier molecular flexibility index (Phi) is 11.8. The highest BCUT2D eigenvalue weighted by Gasteiger charge is 2.55. The number of likely N-dealkylation sites (tertiary alicyclic amines) is 1. The Balaban J connectivity index is 0.00000267. The van der Waals surface area contributed by atoms with Gasteiger partial charge in [-0.05, 0) is 72.6 Å². The smallest absolute Gasteiger partial charge is 0.248 e. The average Bonchev–Trinajstić information content (AvgIpc) is 3.16. The molecule has 3 aliphatic rings. The molecule has 4 rings (SSSR count). The maximum atomic E-state index is 13.8. The Morgan fingerprint density at radius 3 is 2.23 bits per heavy atom. The number of aromatic nitrogens is 2. The molecule has 3 heterocycles. The number of piperazine rings is 1. The van der Waals surface area contributed by atoms with Crippen molar-refractivity contribution >= 4 is 36.6 Å². The molecule has 39 heavy (non-hydrogen) atoms. The van der Waals surface area contributed by atoms with Crippen LogP contribution in [0, 0.1) is 19.8 Å². The van der Waals surface area contributed by atoms with Gasteiger partial charge in [-0.25, -0.2) is 0 Å². The van der Waals surface area contributed by atoms with Crippen molar-refractivity contribution in [3.05, 3.63) is 17.0 Å². The number of hydrogen-bond acceptors (Lipinski definition) is 5. The monoisotopic (exact) mass is 587 g/mol. The lowest BCUT2D eigenvalue weighted by Gasteiger charge is -2.52. The zero-order valence-electron chi connectivity index (χ0n) is 24.8. The summed E-state index contributed by atoms with van der Waals surface area (Å²) >= 11 is 0. The van der Waals surface area contributed by atoms with Crippen molar-refractivity contribution in [3.8, 4) is 0 Å². The quantitative estimate of drug-likeness (QED) is 0.490. The van der Waals surface area contributed by atoms with Crippen LogP contribution in [0.25, 0.3) is 0 Å². The maximum absolute atomic E-state index is 13.8. The van der Waals surface area contributed by atoms with Crippen LogP contribution in [0.1, 0.15) is 102 Å². The molecule has 3 fully saturated rings. The second kappa shape index (κ2) is 13.5. The maximum Gasteiger partial charge on any atom is 0.248 e. The molecule has 0 bridgehead atoms. The first-order chi connectivity index (χ1) is 17.5. The minimum atomic E-state index is -0.815. The molecule has 2 saturated heterocycles. The van der Waals surface area contributed by atoms with Crippen LogP contribution in [-0.2, 0) is 21.7 Å². The number of aliphatic hydroxyl groups is 1. The third kappa shape index (κ3) is 6.77. The van der Waals surface area contributed by atoms with E-state index in [0.717, 1.165) is 63.9 Å². The van der Waals surface area contributed by atoms with Gasteiger partial charge in [0.2, 0.25) is 11.8 Å². The Hall–Kier alpha value is -1.35. The summed E-state index contributed by atoms with van der Waals surface area (Å²) in [4.78, 5) is 31.8. The number of rotatable bonds is 7. The molecule has 224 valence electrons. The van der Waals surface area contributed by atoms with Crippen molar-refractivity contribution in [1.82, 2.24) is 24.9 Å². The average molecular weight is 589 g/mol. The number of carbonyl (C=O) groups is 2. The predicted octanol–water partition coefficient (Wildman–Crippen LogP) is 4.50. The molecule has 10 heteroatoms. The zero-order valence-corrected chi connectivity index (χ0v) is 26.4. The van der Waals surface area contributed by atoms with Crippen LogP contribution in [0.5, 0.6) is 0 Å². The second-order valence-electron chi connectivity index (χ2n) is 12.7. The SMILES string of the molecule is CCCCN1C(=O)[C@@H]([C@H](O)C2CCCCC2)NC(=O)C12CCN(Cc1c(C)nn(C(C)(C)C)c1C)CC2.Cl.Cl. The molecule has 1 aromatic heterocycles. The number of nitrogens with zero attached hydrogens (tertiary/aromatic N) is 4. The van der Waals surface area contributed by atoms with Gasteiger partial charge in [-0.15, -0.1) is 24.8 Å². The van der Waals surface area contributed by atoms with E-state index in [4.69, 9.17) is 5.10 Å². The van der Waals surface area contributed by atoms with Crippen LogP contribution in [0.2, 0.25) is 0 Å². The van der Waals surface area contributed by atoms with Crippen molar-refractivity contribution in [2.24, 2.45) is 5.92 Å². The molecule has 0 radical (unpaired) electrons. The van der Waals surface area contributed by atoms with E-state index in [0.29, 0.717) is 19.4 Å². The van der Waals surface area contributed by atoms with Gasteiger partial charge in [0, 0.05) is 37.4 Å². The highest BCUT2D eigenvalue weighted by molar-refractivity contribution is 6.00. The number of aryl methyl sites for hydroxylation is 1. The Labute approximate surface area is 247 Å². The van der Waals surface area contributed by atoms with Crippen LogP contribution < -0.4 is 5.32 Å². The summed E-state index contributed by atoms with van der Waals surface area (Å²) in [6, 6.07) is -0.815. The number of nitrogens with one attached hydrogen (secondary N) is 1. The molecule has 1 saturated carbocycles. The molecule has 2 N–H and O–H groups in total. The van der Waals surface area contributed by atoms with Crippen molar-refractivity contribution < 1.29 is 14.7 Å². The normalized spacial score (nSPS) is 23.3. The van der Waals surface area contributed by atoms with E-state index in [9.17, 15) is 14.7 Å². The Morgan fingerprint density at radius 1 is 1.08 bits per heavy atom. The summed E-state index contributed by atoms with van der Waals surface area (Å²) < 4.78 is 2.11. The molecule has 1 aliphatic carbocycles.